The summed E-state index contributed by atoms with van der Waals surface area (Å²) in [6.45, 7) is 3.41. The van der Waals surface area contributed by atoms with Crippen LogP contribution in [0.15, 0.2) is 22.7 Å². The maximum absolute atomic E-state index is 5.48. The van der Waals surface area contributed by atoms with E-state index >= 15 is 0 Å². The molecule has 1 N–H and O–H groups in total. The van der Waals surface area contributed by atoms with Gasteiger partial charge >= 0.3 is 0 Å². The maximum atomic E-state index is 5.48. The lowest BCUT2D eigenvalue weighted by Gasteiger charge is -2.18. The second-order valence-corrected chi connectivity index (χ2v) is 5.46. The first-order valence-corrected chi connectivity index (χ1v) is 7.14. The van der Waals surface area contributed by atoms with E-state index in [2.05, 4.69) is 33.7 Å². The molecule has 2 aliphatic heterocycles. The van der Waals surface area contributed by atoms with E-state index in [1.165, 1.54) is 11.1 Å². The molecular weight excluding hydrogens is 254 g/mol. The highest BCUT2D eigenvalue weighted by Crippen LogP contribution is 2.27. The van der Waals surface area contributed by atoms with E-state index in [-0.39, 0.29) is 5.92 Å². The van der Waals surface area contributed by atoms with E-state index in [1.54, 1.807) is 0 Å². The number of benzene rings is 1. The van der Waals surface area contributed by atoms with Gasteiger partial charge in [0.25, 0.3) is 5.89 Å². The van der Waals surface area contributed by atoms with Crippen molar-refractivity contribution >= 4 is 0 Å². The van der Waals surface area contributed by atoms with Crippen LogP contribution in [0, 0.1) is 0 Å². The lowest BCUT2D eigenvalue weighted by Crippen LogP contribution is -2.16. The van der Waals surface area contributed by atoms with Gasteiger partial charge in [-0.1, -0.05) is 11.2 Å². The van der Waals surface area contributed by atoms with Gasteiger partial charge in [0.05, 0.1) is 6.61 Å². The van der Waals surface area contributed by atoms with Crippen molar-refractivity contribution in [3.8, 4) is 11.5 Å². The molecule has 1 aromatic heterocycles. The molecule has 0 bridgehead atoms. The Balaban J connectivity index is 1.61. The highest BCUT2D eigenvalue weighted by Gasteiger charge is 2.22. The third-order valence-corrected chi connectivity index (χ3v) is 4.05. The van der Waals surface area contributed by atoms with E-state index < -0.39 is 0 Å². The topological polar surface area (TPSA) is 60.2 Å². The van der Waals surface area contributed by atoms with Crippen molar-refractivity contribution in [2.75, 3.05) is 13.2 Å². The number of rotatable bonds is 2. The second-order valence-electron chi connectivity index (χ2n) is 5.46. The quantitative estimate of drug-likeness (QED) is 0.907. The fourth-order valence-corrected chi connectivity index (χ4v) is 2.89. The van der Waals surface area contributed by atoms with E-state index in [0.29, 0.717) is 12.5 Å². The smallest absolute Gasteiger partial charge is 0.257 e. The van der Waals surface area contributed by atoms with Crippen molar-refractivity contribution < 1.29 is 9.26 Å². The van der Waals surface area contributed by atoms with Gasteiger partial charge in [-0.3, -0.25) is 0 Å². The molecule has 2 aromatic rings. The van der Waals surface area contributed by atoms with Crippen LogP contribution in [0.1, 0.15) is 35.7 Å². The Morgan fingerprint density at radius 3 is 3.05 bits per heavy atom. The zero-order valence-corrected chi connectivity index (χ0v) is 11.3. The van der Waals surface area contributed by atoms with Crippen LogP contribution in [-0.4, -0.2) is 23.4 Å². The highest BCUT2D eigenvalue weighted by molar-refractivity contribution is 5.56. The van der Waals surface area contributed by atoms with Crippen LogP contribution in [0.4, 0.5) is 0 Å². The molecule has 1 fully saturated rings. The SMILES string of the molecule is c1cc2c(cc1-c1nc(C3CCCOC3)no1)CNC2. The summed E-state index contributed by atoms with van der Waals surface area (Å²) in [6, 6.07) is 6.34. The lowest BCUT2D eigenvalue weighted by atomic mass is 10.0. The minimum atomic E-state index is 0.275. The normalized spacial score (nSPS) is 21.9. The van der Waals surface area contributed by atoms with Gasteiger partial charge in [0, 0.05) is 31.2 Å². The van der Waals surface area contributed by atoms with Gasteiger partial charge < -0.3 is 14.6 Å². The largest absolute Gasteiger partial charge is 0.381 e. The number of fused-ring (bicyclic) bond motifs is 1. The Morgan fingerprint density at radius 2 is 2.15 bits per heavy atom. The predicted octanol–water partition coefficient (Wildman–Crippen LogP) is 2.23. The minimum absolute atomic E-state index is 0.275. The summed E-state index contributed by atoms with van der Waals surface area (Å²) in [5, 5.41) is 7.47. The van der Waals surface area contributed by atoms with Crippen molar-refractivity contribution in [2.45, 2.75) is 31.8 Å². The molecule has 5 heteroatoms. The molecule has 2 aliphatic rings. The molecule has 20 heavy (non-hydrogen) atoms. The summed E-state index contributed by atoms with van der Waals surface area (Å²) in [5.74, 6) is 1.66. The molecule has 3 heterocycles. The molecule has 0 spiro atoms. The standard InChI is InChI=1S/C15H17N3O2/c1-2-12(9-19-5-1)14-17-15(20-18-14)10-3-4-11-7-16-8-13(11)6-10/h3-4,6,12,16H,1-2,5,7-9H2. The van der Waals surface area contributed by atoms with Crippen LogP contribution in [0.5, 0.6) is 0 Å². The molecular formula is C15H17N3O2. The van der Waals surface area contributed by atoms with Crippen LogP contribution in [0.2, 0.25) is 0 Å². The molecule has 1 aromatic carbocycles. The molecule has 104 valence electrons. The fourth-order valence-electron chi connectivity index (χ4n) is 2.89. The molecule has 4 rings (SSSR count). The van der Waals surface area contributed by atoms with Crippen LogP contribution in [0.3, 0.4) is 0 Å². The zero-order chi connectivity index (χ0) is 13.4. The van der Waals surface area contributed by atoms with Gasteiger partial charge in [0.2, 0.25) is 0 Å². The van der Waals surface area contributed by atoms with Gasteiger partial charge in [-0.15, -0.1) is 0 Å². The Morgan fingerprint density at radius 1 is 1.20 bits per heavy atom. The van der Waals surface area contributed by atoms with Crippen molar-refractivity contribution in [1.29, 1.82) is 0 Å². The number of aromatic nitrogens is 2. The summed E-state index contributed by atoms with van der Waals surface area (Å²) in [7, 11) is 0. The molecule has 1 unspecified atom stereocenters. The number of nitrogens with one attached hydrogen (secondary N) is 1. The Bertz CT molecular complexity index is 617. The molecule has 0 aliphatic carbocycles. The average molecular weight is 271 g/mol. The van der Waals surface area contributed by atoms with Crippen LogP contribution in [-0.2, 0) is 17.8 Å². The van der Waals surface area contributed by atoms with Crippen LogP contribution < -0.4 is 5.32 Å². The van der Waals surface area contributed by atoms with Gasteiger partial charge in [-0.25, -0.2) is 0 Å². The van der Waals surface area contributed by atoms with E-state index in [9.17, 15) is 0 Å². The van der Waals surface area contributed by atoms with E-state index in [4.69, 9.17) is 9.26 Å². The summed E-state index contributed by atoms with van der Waals surface area (Å²) in [5.41, 5.74) is 3.68. The molecule has 5 nitrogen and oxygen atoms in total. The number of hydrogen-bond donors (Lipinski definition) is 1. The number of hydrogen-bond acceptors (Lipinski definition) is 5. The second kappa shape index (κ2) is 5.00. The van der Waals surface area contributed by atoms with Crippen molar-refractivity contribution in [1.82, 2.24) is 15.5 Å². The predicted molar refractivity (Wildman–Crippen MR) is 73.1 cm³/mol. The van der Waals surface area contributed by atoms with Crippen molar-refractivity contribution in [3.63, 3.8) is 0 Å². The third kappa shape index (κ3) is 2.13. The lowest BCUT2D eigenvalue weighted by molar-refractivity contribution is 0.0773. The fraction of sp³-hybridized carbons (Fsp3) is 0.467. The Kier molecular flexibility index (Phi) is 3.01. The highest BCUT2D eigenvalue weighted by atomic mass is 16.5. The molecule has 0 radical (unpaired) electrons. The summed E-state index contributed by atoms with van der Waals surface area (Å²) in [6.07, 6.45) is 2.14. The molecule has 0 amide bonds. The van der Waals surface area contributed by atoms with Gasteiger partial charge in [0.1, 0.15) is 0 Å². The third-order valence-electron chi connectivity index (χ3n) is 4.05. The van der Waals surface area contributed by atoms with Crippen molar-refractivity contribution in [3.05, 3.63) is 35.2 Å². The Hall–Kier alpha value is -1.72. The zero-order valence-electron chi connectivity index (χ0n) is 11.3. The first-order chi connectivity index (χ1) is 9.90. The van der Waals surface area contributed by atoms with Crippen molar-refractivity contribution in [2.24, 2.45) is 0 Å². The van der Waals surface area contributed by atoms with Crippen LogP contribution >= 0.6 is 0 Å². The van der Waals surface area contributed by atoms with Gasteiger partial charge in [-0.05, 0) is 36.1 Å². The first kappa shape index (κ1) is 12.1. The molecule has 0 saturated carbocycles. The minimum Gasteiger partial charge on any atom is -0.381 e. The molecule has 1 saturated heterocycles. The van der Waals surface area contributed by atoms with Crippen LogP contribution in [0.25, 0.3) is 11.5 Å². The summed E-state index contributed by atoms with van der Waals surface area (Å²) < 4.78 is 10.9. The molecule has 1 atom stereocenters. The van der Waals surface area contributed by atoms with Gasteiger partial charge in [0.15, 0.2) is 5.82 Å². The summed E-state index contributed by atoms with van der Waals surface area (Å²) >= 11 is 0. The Labute approximate surface area is 117 Å². The number of nitrogens with zero attached hydrogens (tertiary/aromatic N) is 2. The maximum Gasteiger partial charge on any atom is 0.257 e. The van der Waals surface area contributed by atoms with E-state index in [0.717, 1.165) is 43.9 Å². The first-order valence-electron chi connectivity index (χ1n) is 7.14. The monoisotopic (exact) mass is 271 g/mol. The summed E-state index contributed by atoms with van der Waals surface area (Å²) in [4.78, 5) is 4.55. The average Bonchev–Trinajstić information content (AvgIpc) is 3.16. The van der Waals surface area contributed by atoms with Gasteiger partial charge in [-0.2, -0.15) is 4.98 Å². The number of ether oxygens (including phenoxy) is 1. The van der Waals surface area contributed by atoms with E-state index in [1.807, 2.05) is 0 Å².